The summed E-state index contributed by atoms with van der Waals surface area (Å²) in [6.07, 6.45) is -10.1. The molecule has 0 atom stereocenters. The lowest BCUT2D eigenvalue weighted by Crippen LogP contribution is -2.20. The number of carbonyl (C=O) groups is 1. The van der Waals surface area contributed by atoms with Gasteiger partial charge in [-0.3, -0.25) is 0 Å². The maximum atomic E-state index is 12.9. The normalized spacial score (nSPS) is 12.5. The van der Waals surface area contributed by atoms with Crippen molar-refractivity contribution < 1.29 is 36.2 Å². The molecule has 0 spiro atoms. The summed E-state index contributed by atoms with van der Waals surface area (Å²) in [5.74, 6) is -1.63. The Kier molecular flexibility index (Phi) is 3.68. The Labute approximate surface area is 119 Å². The molecule has 0 amide bonds. The maximum absolute atomic E-state index is 12.9. The van der Waals surface area contributed by atoms with E-state index in [2.05, 4.69) is 0 Å². The lowest BCUT2D eigenvalue weighted by Gasteiger charge is -2.18. The van der Waals surface area contributed by atoms with Crippen molar-refractivity contribution in [1.29, 1.82) is 0 Å². The summed E-state index contributed by atoms with van der Waals surface area (Å²) in [5.41, 5.74) is -4.59. The highest BCUT2D eigenvalue weighted by atomic mass is 19.4. The topological polar surface area (TPSA) is 42.2 Å². The van der Waals surface area contributed by atoms with Gasteiger partial charge in [0.1, 0.15) is 11.4 Å². The number of nitrogens with zero attached hydrogens (tertiary/aromatic N) is 1. The van der Waals surface area contributed by atoms with Crippen LogP contribution >= 0.6 is 0 Å². The number of hydrogen-bond donors (Lipinski definition) is 1. The van der Waals surface area contributed by atoms with Gasteiger partial charge in [-0.15, -0.1) is 0 Å². The van der Waals surface area contributed by atoms with Crippen molar-refractivity contribution in [3.63, 3.8) is 0 Å². The molecule has 2 rings (SSSR count). The molecule has 3 nitrogen and oxygen atoms in total. The minimum Gasteiger partial charge on any atom is -0.478 e. The molecule has 0 aliphatic heterocycles. The Hall–Kier alpha value is -2.45. The molecule has 1 aromatic carbocycles. The minimum absolute atomic E-state index is 0.135. The molecule has 0 aliphatic rings. The van der Waals surface area contributed by atoms with Gasteiger partial charge in [-0.2, -0.15) is 26.3 Å². The van der Waals surface area contributed by atoms with Crippen LogP contribution in [0.15, 0.2) is 36.4 Å². The van der Waals surface area contributed by atoms with Crippen LogP contribution in [-0.4, -0.2) is 15.6 Å². The number of benzene rings is 1. The van der Waals surface area contributed by atoms with Crippen molar-refractivity contribution in [2.45, 2.75) is 12.4 Å². The first-order valence-electron chi connectivity index (χ1n) is 5.72. The van der Waals surface area contributed by atoms with Gasteiger partial charge in [0.15, 0.2) is 0 Å². The average molecular weight is 323 g/mol. The van der Waals surface area contributed by atoms with Gasteiger partial charge >= 0.3 is 18.3 Å². The van der Waals surface area contributed by atoms with Crippen LogP contribution < -0.4 is 0 Å². The Morgan fingerprint density at radius 3 is 1.73 bits per heavy atom. The number of alkyl halides is 6. The van der Waals surface area contributed by atoms with Crippen molar-refractivity contribution in [3.05, 3.63) is 53.3 Å². The first-order valence-corrected chi connectivity index (χ1v) is 5.72. The molecule has 0 radical (unpaired) electrons. The molecule has 1 aromatic heterocycles. The number of carboxylic acid groups (broad SMARTS) is 1. The average Bonchev–Trinajstić information content (AvgIpc) is 2.82. The second-order valence-electron chi connectivity index (χ2n) is 4.26. The van der Waals surface area contributed by atoms with E-state index in [1.807, 2.05) is 0 Å². The van der Waals surface area contributed by atoms with Crippen LogP contribution in [0.1, 0.15) is 21.7 Å². The Morgan fingerprint density at radius 2 is 1.32 bits per heavy atom. The summed E-state index contributed by atoms with van der Waals surface area (Å²) >= 11 is 0. The van der Waals surface area contributed by atoms with Crippen molar-refractivity contribution in [3.8, 4) is 5.69 Å². The molecule has 0 aliphatic carbocycles. The largest absolute Gasteiger partial charge is 0.478 e. The lowest BCUT2D eigenvalue weighted by atomic mass is 10.1. The van der Waals surface area contributed by atoms with Gasteiger partial charge < -0.3 is 9.67 Å². The van der Waals surface area contributed by atoms with Crippen LogP contribution in [0.2, 0.25) is 0 Å². The molecule has 0 unspecified atom stereocenters. The monoisotopic (exact) mass is 323 g/mol. The number of aromatic carboxylic acids is 1. The molecule has 0 saturated carbocycles. The summed E-state index contributed by atoms with van der Waals surface area (Å²) in [6, 6.07) is 4.70. The molecule has 0 bridgehead atoms. The van der Waals surface area contributed by atoms with Crippen molar-refractivity contribution >= 4 is 5.97 Å². The molecule has 0 saturated heterocycles. The number of hydrogen-bond acceptors (Lipinski definition) is 1. The predicted octanol–water partition coefficient (Wildman–Crippen LogP) is 4.21. The molecule has 0 fully saturated rings. The molecule has 1 heterocycles. The summed E-state index contributed by atoms with van der Waals surface area (Å²) < 4.78 is 77.5. The third-order valence-electron chi connectivity index (χ3n) is 2.84. The van der Waals surface area contributed by atoms with Gasteiger partial charge in [-0.05, 0) is 24.3 Å². The van der Waals surface area contributed by atoms with Crippen LogP contribution in [0.4, 0.5) is 26.3 Å². The summed E-state index contributed by atoms with van der Waals surface area (Å²) in [5, 5.41) is 8.98. The third kappa shape index (κ3) is 2.78. The predicted molar refractivity (Wildman–Crippen MR) is 62.7 cm³/mol. The van der Waals surface area contributed by atoms with E-state index in [-0.39, 0.29) is 16.7 Å². The smallest absolute Gasteiger partial charge is 0.431 e. The van der Waals surface area contributed by atoms with Crippen LogP contribution in [0.25, 0.3) is 5.69 Å². The van der Waals surface area contributed by atoms with E-state index < -0.39 is 41.0 Å². The van der Waals surface area contributed by atoms with E-state index in [1.165, 1.54) is 6.07 Å². The van der Waals surface area contributed by atoms with Gasteiger partial charge in [-0.25, -0.2) is 4.79 Å². The van der Waals surface area contributed by atoms with Crippen molar-refractivity contribution in [1.82, 2.24) is 4.57 Å². The quantitative estimate of drug-likeness (QED) is 0.841. The Morgan fingerprint density at radius 1 is 0.864 bits per heavy atom. The zero-order valence-corrected chi connectivity index (χ0v) is 10.5. The summed E-state index contributed by atoms with van der Waals surface area (Å²) in [6.45, 7) is 0. The zero-order valence-electron chi connectivity index (χ0n) is 10.5. The third-order valence-corrected chi connectivity index (χ3v) is 2.84. The van der Waals surface area contributed by atoms with E-state index in [9.17, 15) is 31.1 Å². The second-order valence-corrected chi connectivity index (χ2v) is 4.26. The van der Waals surface area contributed by atoms with E-state index >= 15 is 0 Å². The summed E-state index contributed by atoms with van der Waals surface area (Å²) in [7, 11) is 0. The molecule has 9 heteroatoms. The van der Waals surface area contributed by atoms with Gasteiger partial charge in [-0.1, -0.05) is 12.1 Å². The Balaban J connectivity index is 2.84. The fourth-order valence-electron chi connectivity index (χ4n) is 1.99. The maximum Gasteiger partial charge on any atom is 0.431 e. The molecule has 118 valence electrons. The van der Waals surface area contributed by atoms with Gasteiger partial charge in [0.2, 0.25) is 0 Å². The van der Waals surface area contributed by atoms with E-state index in [0.717, 1.165) is 18.2 Å². The molecular formula is C13H7F6NO2. The van der Waals surface area contributed by atoms with Crippen molar-refractivity contribution in [2.75, 3.05) is 0 Å². The SMILES string of the molecule is O=C(O)c1ccccc1-n1c(C(F)(F)F)ccc1C(F)(F)F. The molecular weight excluding hydrogens is 316 g/mol. The lowest BCUT2D eigenvalue weighted by molar-refractivity contribution is -0.150. The highest BCUT2D eigenvalue weighted by Gasteiger charge is 2.42. The Bertz CT molecular complexity index is 683. The van der Waals surface area contributed by atoms with E-state index in [4.69, 9.17) is 5.11 Å². The van der Waals surface area contributed by atoms with E-state index in [0.29, 0.717) is 0 Å². The minimum atomic E-state index is -5.07. The van der Waals surface area contributed by atoms with Gasteiger partial charge in [0.05, 0.1) is 11.3 Å². The number of para-hydroxylation sites is 1. The first-order chi connectivity index (χ1) is 10.0. The number of halogens is 6. The van der Waals surface area contributed by atoms with Crippen LogP contribution in [0.3, 0.4) is 0 Å². The second kappa shape index (κ2) is 5.08. The number of rotatable bonds is 2. The first kappa shape index (κ1) is 15.9. The van der Waals surface area contributed by atoms with Crippen molar-refractivity contribution in [2.24, 2.45) is 0 Å². The summed E-state index contributed by atoms with van der Waals surface area (Å²) in [4.78, 5) is 11.1. The van der Waals surface area contributed by atoms with Crippen LogP contribution in [0, 0.1) is 0 Å². The number of carboxylic acids is 1. The molecule has 1 N–H and O–H groups in total. The fourth-order valence-corrected chi connectivity index (χ4v) is 1.99. The number of aromatic nitrogens is 1. The van der Waals surface area contributed by atoms with Gasteiger partial charge in [0.25, 0.3) is 0 Å². The molecule has 22 heavy (non-hydrogen) atoms. The van der Waals surface area contributed by atoms with Gasteiger partial charge in [0, 0.05) is 0 Å². The molecule has 2 aromatic rings. The standard InChI is InChI=1S/C13H7F6NO2/c14-12(15,16)9-5-6-10(13(17,18)19)20(9)8-4-2-1-3-7(8)11(21)22/h1-6H,(H,21,22). The van der Waals surface area contributed by atoms with Crippen LogP contribution in [0.5, 0.6) is 0 Å². The highest BCUT2D eigenvalue weighted by Crippen LogP contribution is 2.39. The highest BCUT2D eigenvalue weighted by molar-refractivity contribution is 5.92. The van der Waals surface area contributed by atoms with E-state index in [1.54, 1.807) is 0 Å². The zero-order chi connectivity index (χ0) is 16.7. The van der Waals surface area contributed by atoms with Crippen LogP contribution in [-0.2, 0) is 12.4 Å². The fraction of sp³-hybridized carbons (Fsp3) is 0.154.